The molecule has 5 N–H and O–H groups in total. The van der Waals surface area contributed by atoms with Gasteiger partial charge in [0.2, 0.25) is 0 Å². The first kappa shape index (κ1) is 36.8. The quantitative estimate of drug-likeness (QED) is 0.145. The van der Waals surface area contributed by atoms with Crippen LogP contribution in [0.5, 0.6) is 0 Å². The Morgan fingerprint density at radius 2 is 1.57 bits per heavy atom. The lowest BCUT2D eigenvalue weighted by Gasteiger charge is -2.43. The zero-order chi connectivity index (χ0) is 30.7. The molecule has 0 radical (unpaired) electrons. The van der Waals surface area contributed by atoms with Gasteiger partial charge < -0.3 is 30.3 Å². The van der Waals surface area contributed by atoms with Crippen LogP contribution in [0.15, 0.2) is 23.8 Å². The van der Waals surface area contributed by atoms with Crippen LogP contribution in [0, 0.1) is 41.4 Å². The number of aliphatic hydroxyl groups excluding tert-OH is 4. The molecule has 234 valence electrons. The molecular formula is C33H60O7. The smallest absolute Gasteiger partial charge is 0.308 e. The molecule has 1 aliphatic rings. The van der Waals surface area contributed by atoms with Crippen molar-refractivity contribution in [2.24, 2.45) is 41.4 Å². The Bertz CT molecular complexity index is 796. The van der Waals surface area contributed by atoms with Crippen LogP contribution in [0.1, 0.15) is 101 Å². The Morgan fingerprint density at radius 3 is 2.15 bits per heavy atom. The number of hydrogen-bond acceptors (Lipinski definition) is 6. The molecule has 0 bridgehead atoms. The second-order valence-corrected chi connectivity index (χ2v) is 12.9. The summed E-state index contributed by atoms with van der Waals surface area (Å²) in [7, 11) is 0. The van der Waals surface area contributed by atoms with Crippen LogP contribution in [0.4, 0.5) is 0 Å². The van der Waals surface area contributed by atoms with E-state index in [9.17, 15) is 30.3 Å². The molecule has 1 rings (SSSR count). The van der Waals surface area contributed by atoms with Gasteiger partial charge in [0.25, 0.3) is 0 Å². The number of allylic oxidation sites excluding steroid dienone is 2. The molecule has 0 aromatic carbocycles. The van der Waals surface area contributed by atoms with Crippen LogP contribution in [0.2, 0.25) is 0 Å². The van der Waals surface area contributed by atoms with Crippen molar-refractivity contribution < 1.29 is 35.1 Å². The van der Waals surface area contributed by atoms with Crippen molar-refractivity contribution in [2.45, 2.75) is 137 Å². The minimum atomic E-state index is -0.914. The van der Waals surface area contributed by atoms with E-state index in [0.29, 0.717) is 25.2 Å². The van der Waals surface area contributed by atoms with Crippen molar-refractivity contribution in [3.8, 4) is 0 Å². The third-order valence-corrected chi connectivity index (χ3v) is 9.35. The largest absolute Gasteiger partial charge is 0.481 e. The van der Waals surface area contributed by atoms with E-state index in [4.69, 9.17) is 4.74 Å². The van der Waals surface area contributed by atoms with Gasteiger partial charge in [0, 0.05) is 23.7 Å². The minimum absolute atomic E-state index is 0.0376. The van der Waals surface area contributed by atoms with E-state index in [1.54, 1.807) is 20.8 Å². The van der Waals surface area contributed by atoms with Gasteiger partial charge in [0.1, 0.15) is 0 Å². The molecular weight excluding hydrogens is 508 g/mol. The second kappa shape index (κ2) is 17.6. The van der Waals surface area contributed by atoms with Gasteiger partial charge in [-0.05, 0) is 63.4 Å². The molecule has 0 aromatic heterocycles. The standard InChI is InChI=1S/C33H60O7/c1-10-13-19(2)18-22(5)29(35)20(3)14-11-12-15-27(34)23(6)30(36)25(8)31(37)26(9)32-21(4)16-17-28(40-32)24(7)33(38)39/h11,14,18-21,23-32,34-37H,10,12-13,15-17H2,1-9H3,(H,38,39)/b14-11+,22-18-. The number of ether oxygens (including phenoxy) is 1. The highest BCUT2D eigenvalue weighted by molar-refractivity contribution is 5.70. The minimum Gasteiger partial charge on any atom is -0.481 e. The summed E-state index contributed by atoms with van der Waals surface area (Å²) >= 11 is 0. The van der Waals surface area contributed by atoms with E-state index < -0.39 is 54.2 Å². The summed E-state index contributed by atoms with van der Waals surface area (Å²) < 4.78 is 6.19. The number of carbonyl (C=O) groups is 1. The van der Waals surface area contributed by atoms with Gasteiger partial charge in [-0.2, -0.15) is 0 Å². The summed E-state index contributed by atoms with van der Waals surface area (Å²) in [6.45, 7) is 17.5. The Hall–Kier alpha value is -1.25. The molecule has 0 amide bonds. The molecule has 0 spiro atoms. The Morgan fingerprint density at radius 1 is 0.950 bits per heavy atom. The Balaban J connectivity index is 2.66. The third-order valence-electron chi connectivity index (χ3n) is 9.35. The normalized spacial score (nSPS) is 28.2. The fourth-order valence-corrected chi connectivity index (χ4v) is 6.19. The maximum absolute atomic E-state index is 11.5. The van der Waals surface area contributed by atoms with Crippen LogP contribution in [-0.4, -0.2) is 68.1 Å². The summed E-state index contributed by atoms with van der Waals surface area (Å²) in [5.41, 5.74) is 0.983. The van der Waals surface area contributed by atoms with E-state index >= 15 is 0 Å². The zero-order valence-electron chi connectivity index (χ0n) is 26.5. The van der Waals surface area contributed by atoms with Gasteiger partial charge in [-0.15, -0.1) is 0 Å². The summed E-state index contributed by atoms with van der Waals surface area (Å²) in [6.07, 6.45) is 7.17. The summed E-state index contributed by atoms with van der Waals surface area (Å²) in [5, 5.41) is 53.1. The van der Waals surface area contributed by atoms with Gasteiger partial charge in [0.05, 0.1) is 42.5 Å². The summed E-state index contributed by atoms with van der Waals surface area (Å²) in [5.74, 6) is -2.17. The molecule has 13 atom stereocenters. The van der Waals surface area contributed by atoms with Gasteiger partial charge in [-0.1, -0.05) is 73.1 Å². The first-order chi connectivity index (χ1) is 18.6. The zero-order valence-corrected chi connectivity index (χ0v) is 26.5. The van der Waals surface area contributed by atoms with Crippen LogP contribution >= 0.6 is 0 Å². The van der Waals surface area contributed by atoms with Crippen molar-refractivity contribution >= 4 is 5.97 Å². The van der Waals surface area contributed by atoms with Crippen LogP contribution in [0.25, 0.3) is 0 Å². The fourth-order valence-electron chi connectivity index (χ4n) is 6.19. The average molecular weight is 569 g/mol. The van der Waals surface area contributed by atoms with Gasteiger partial charge >= 0.3 is 5.97 Å². The summed E-state index contributed by atoms with van der Waals surface area (Å²) in [4.78, 5) is 11.5. The lowest BCUT2D eigenvalue weighted by Crippen LogP contribution is -2.49. The Kier molecular flexibility index (Phi) is 16.2. The fraction of sp³-hybridized carbons (Fsp3) is 0.848. The predicted octanol–water partition coefficient (Wildman–Crippen LogP) is 5.60. The molecule has 1 heterocycles. The maximum Gasteiger partial charge on any atom is 0.308 e. The molecule has 0 aliphatic carbocycles. The molecule has 1 fully saturated rings. The number of aliphatic carboxylic acids is 1. The van der Waals surface area contributed by atoms with E-state index in [0.717, 1.165) is 24.8 Å². The SMILES string of the molecule is CCCC(C)/C=C(/C)C(O)C(C)/C=C/CCC(O)C(C)C(O)C(C)C(O)C(C)C1OC(C(C)C(=O)O)CCC1C. The number of rotatable bonds is 17. The topological polar surface area (TPSA) is 127 Å². The van der Waals surface area contributed by atoms with E-state index in [-0.39, 0.29) is 23.9 Å². The highest BCUT2D eigenvalue weighted by Gasteiger charge is 2.41. The highest BCUT2D eigenvalue weighted by atomic mass is 16.5. The third kappa shape index (κ3) is 10.9. The van der Waals surface area contributed by atoms with E-state index in [2.05, 4.69) is 26.8 Å². The number of hydrogen-bond donors (Lipinski definition) is 5. The predicted molar refractivity (Wildman–Crippen MR) is 161 cm³/mol. The lowest BCUT2D eigenvalue weighted by molar-refractivity contribution is -0.169. The van der Waals surface area contributed by atoms with Crippen molar-refractivity contribution in [3.63, 3.8) is 0 Å². The maximum atomic E-state index is 11.5. The van der Waals surface area contributed by atoms with Gasteiger partial charge in [0.15, 0.2) is 0 Å². The number of carboxylic acid groups (broad SMARTS) is 1. The van der Waals surface area contributed by atoms with Gasteiger partial charge in [-0.25, -0.2) is 0 Å². The molecule has 1 saturated heterocycles. The van der Waals surface area contributed by atoms with E-state index in [1.165, 1.54) is 0 Å². The van der Waals surface area contributed by atoms with E-state index in [1.807, 2.05) is 32.9 Å². The van der Waals surface area contributed by atoms with Crippen LogP contribution in [-0.2, 0) is 9.53 Å². The summed E-state index contributed by atoms with van der Waals surface area (Å²) in [6, 6.07) is 0. The first-order valence-corrected chi connectivity index (χ1v) is 15.6. The van der Waals surface area contributed by atoms with Gasteiger partial charge in [-0.3, -0.25) is 4.79 Å². The molecule has 7 nitrogen and oxygen atoms in total. The monoisotopic (exact) mass is 568 g/mol. The molecule has 0 saturated carbocycles. The molecule has 1 aliphatic heterocycles. The molecule has 13 unspecified atom stereocenters. The molecule has 7 heteroatoms. The first-order valence-electron chi connectivity index (χ1n) is 15.6. The number of aliphatic hydroxyl groups is 4. The Labute approximate surface area is 243 Å². The molecule has 0 aromatic rings. The highest BCUT2D eigenvalue weighted by Crippen LogP contribution is 2.36. The molecule has 40 heavy (non-hydrogen) atoms. The van der Waals surface area contributed by atoms with Crippen molar-refractivity contribution in [1.29, 1.82) is 0 Å². The second-order valence-electron chi connectivity index (χ2n) is 12.9. The number of carboxylic acids is 1. The van der Waals surface area contributed by atoms with Crippen LogP contribution in [0.3, 0.4) is 0 Å². The average Bonchev–Trinajstić information content (AvgIpc) is 2.92. The van der Waals surface area contributed by atoms with Crippen molar-refractivity contribution in [1.82, 2.24) is 0 Å². The van der Waals surface area contributed by atoms with Crippen LogP contribution < -0.4 is 0 Å². The lowest BCUT2D eigenvalue weighted by atomic mass is 9.76. The van der Waals surface area contributed by atoms with Crippen molar-refractivity contribution in [3.05, 3.63) is 23.8 Å². The van der Waals surface area contributed by atoms with Crippen molar-refractivity contribution in [2.75, 3.05) is 0 Å².